The molecule has 1 aliphatic rings. The Bertz CT molecular complexity index is 1220. The van der Waals surface area contributed by atoms with Crippen LogP contribution in [0.3, 0.4) is 0 Å². The Labute approximate surface area is 462 Å². The first kappa shape index (κ1) is 71.9. The first-order valence-corrected chi connectivity index (χ1v) is 32.6. The molecule has 0 aromatic rings. The Kier molecular flexibility index (Phi) is 51.3. The minimum absolute atomic E-state index is 0.265. The molecular formula is C64H125NO10. The molecule has 0 radical (unpaired) electrons. The quantitative estimate of drug-likeness (QED) is 0.0215. The monoisotopic (exact) mass is 1070 g/mol. The highest BCUT2D eigenvalue weighted by molar-refractivity contribution is 5.80. The van der Waals surface area contributed by atoms with Crippen molar-refractivity contribution in [2.75, 3.05) is 13.2 Å². The smallest absolute Gasteiger partial charge is 0.249 e. The fraction of sp³-hybridized carbons (Fsp3) is 0.953. The Morgan fingerprint density at radius 3 is 1.12 bits per heavy atom. The van der Waals surface area contributed by atoms with Gasteiger partial charge in [0.05, 0.1) is 25.4 Å². The van der Waals surface area contributed by atoms with E-state index in [0.717, 1.165) is 38.5 Å². The summed E-state index contributed by atoms with van der Waals surface area (Å²) < 4.78 is 11.1. The van der Waals surface area contributed by atoms with Crippen molar-refractivity contribution in [3.63, 3.8) is 0 Å². The van der Waals surface area contributed by atoms with Gasteiger partial charge in [0.2, 0.25) is 5.91 Å². The van der Waals surface area contributed by atoms with E-state index < -0.39 is 74.2 Å². The van der Waals surface area contributed by atoms with Crippen LogP contribution in [0, 0.1) is 0 Å². The van der Waals surface area contributed by atoms with Gasteiger partial charge in [0.1, 0.15) is 36.6 Å². The van der Waals surface area contributed by atoms with Crippen LogP contribution in [0.4, 0.5) is 0 Å². The van der Waals surface area contributed by atoms with Crippen LogP contribution in [0.5, 0.6) is 0 Å². The maximum absolute atomic E-state index is 13.2. The van der Waals surface area contributed by atoms with Crippen LogP contribution in [0.1, 0.15) is 322 Å². The van der Waals surface area contributed by atoms with E-state index in [4.69, 9.17) is 9.47 Å². The van der Waals surface area contributed by atoms with E-state index in [9.17, 15) is 40.5 Å². The third kappa shape index (κ3) is 41.5. The van der Waals surface area contributed by atoms with Crippen molar-refractivity contribution in [2.24, 2.45) is 0 Å². The minimum atomic E-state index is -1.66. The van der Waals surface area contributed by atoms with Crippen LogP contribution in [-0.2, 0) is 14.3 Å². The molecular weight excluding hydrogens is 943 g/mol. The van der Waals surface area contributed by atoms with Crippen molar-refractivity contribution in [1.29, 1.82) is 0 Å². The van der Waals surface area contributed by atoms with Gasteiger partial charge < -0.3 is 50.5 Å². The van der Waals surface area contributed by atoms with E-state index in [1.54, 1.807) is 0 Å². The summed E-state index contributed by atoms with van der Waals surface area (Å²) in [6.07, 6.45) is 53.1. The number of carbonyl (C=O) groups excluding carboxylic acids is 1. The summed E-state index contributed by atoms with van der Waals surface area (Å²) in [6.45, 7) is 3.48. The van der Waals surface area contributed by atoms with Crippen LogP contribution < -0.4 is 5.32 Å². The molecule has 11 heteroatoms. The van der Waals surface area contributed by atoms with E-state index >= 15 is 0 Å². The molecule has 0 aromatic carbocycles. The van der Waals surface area contributed by atoms with Gasteiger partial charge in [-0.25, -0.2) is 0 Å². The number of hydrogen-bond acceptors (Lipinski definition) is 10. The average molecular weight is 1070 g/mol. The van der Waals surface area contributed by atoms with E-state index in [2.05, 4.69) is 31.3 Å². The Morgan fingerprint density at radius 1 is 0.453 bits per heavy atom. The summed E-state index contributed by atoms with van der Waals surface area (Å²) in [6, 6.07) is -1.16. The molecule has 9 unspecified atom stereocenters. The molecule has 1 heterocycles. The maximum atomic E-state index is 13.2. The van der Waals surface area contributed by atoms with Crippen molar-refractivity contribution in [1.82, 2.24) is 5.32 Å². The van der Waals surface area contributed by atoms with E-state index in [-0.39, 0.29) is 6.42 Å². The van der Waals surface area contributed by atoms with Gasteiger partial charge in [0, 0.05) is 0 Å². The average Bonchev–Trinajstić information content (AvgIpc) is 3.41. The molecule has 1 amide bonds. The predicted octanol–water partition coefficient (Wildman–Crippen LogP) is 14.7. The van der Waals surface area contributed by atoms with Crippen LogP contribution in [0.25, 0.3) is 0 Å². The molecule has 0 spiro atoms. The number of aliphatic hydroxyl groups excluding tert-OH is 7. The molecule has 11 nitrogen and oxygen atoms in total. The number of hydrogen-bond donors (Lipinski definition) is 8. The molecule has 0 bridgehead atoms. The summed E-state index contributed by atoms with van der Waals surface area (Å²) in [5.74, 6) is -0.692. The number of rotatable bonds is 57. The topological polar surface area (TPSA) is 189 Å². The number of ether oxygens (including phenoxy) is 2. The summed E-state index contributed by atoms with van der Waals surface area (Å²) >= 11 is 0. The molecule has 446 valence electrons. The van der Waals surface area contributed by atoms with Gasteiger partial charge in [-0.3, -0.25) is 4.79 Å². The standard InChI is InChI=1S/C64H125NO10/c1-3-5-7-9-11-13-15-17-18-19-20-21-22-23-24-25-26-27-28-29-30-31-32-33-34-35-36-37-38-39-40-42-44-46-48-50-52-57(68)63(73)65-55(54-74-64-62(72)61(71)60(70)58(53-66)75-64)59(69)56(67)51-49-47-45-43-41-16-14-12-10-8-6-4-2/h27-28,55-62,64,66-72H,3-26,29-54H2,1-2H3,(H,65,73)/b28-27-. The number of allylic oxidation sites excluding steroid dienone is 2. The number of carbonyl (C=O) groups is 1. The highest BCUT2D eigenvalue weighted by Gasteiger charge is 2.44. The number of unbranched alkanes of at least 4 members (excludes halogenated alkanes) is 43. The van der Waals surface area contributed by atoms with Crippen LogP contribution in [-0.4, -0.2) is 110 Å². The Morgan fingerprint density at radius 2 is 0.773 bits per heavy atom. The lowest BCUT2D eigenvalue weighted by Gasteiger charge is -2.40. The second-order valence-corrected chi connectivity index (χ2v) is 23.2. The first-order valence-electron chi connectivity index (χ1n) is 32.6. The fourth-order valence-corrected chi connectivity index (χ4v) is 10.8. The van der Waals surface area contributed by atoms with Gasteiger partial charge in [-0.1, -0.05) is 296 Å². The molecule has 9 atom stereocenters. The highest BCUT2D eigenvalue weighted by Crippen LogP contribution is 2.24. The summed E-state index contributed by atoms with van der Waals surface area (Å²) in [7, 11) is 0. The molecule has 1 rings (SSSR count). The molecule has 75 heavy (non-hydrogen) atoms. The van der Waals surface area contributed by atoms with Gasteiger partial charge in [0.15, 0.2) is 6.29 Å². The summed E-state index contributed by atoms with van der Waals surface area (Å²) in [5.41, 5.74) is 0. The van der Waals surface area contributed by atoms with Crippen LogP contribution in [0.15, 0.2) is 12.2 Å². The maximum Gasteiger partial charge on any atom is 0.249 e. The first-order chi connectivity index (χ1) is 36.7. The van der Waals surface area contributed by atoms with Crippen molar-refractivity contribution in [3.8, 4) is 0 Å². The molecule has 0 saturated carbocycles. The Hall–Kier alpha value is -1.15. The molecule has 1 fully saturated rings. The zero-order valence-electron chi connectivity index (χ0n) is 49.1. The highest BCUT2D eigenvalue weighted by atomic mass is 16.7. The van der Waals surface area contributed by atoms with Crippen molar-refractivity contribution in [3.05, 3.63) is 12.2 Å². The number of amides is 1. The lowest BCUT2D eigenvalue weighted by Crippen LogP contribution is -2.60. The molecule has 0 aromatic heterocycles. The zero-order valence-corrected chi connectivity index (χ0v) is 49.1. The van der Waals surface area contributed by atoms with E-state index in [1.807, 2.05) is 0 Å². The molecule has 1 aliphatic heterocycles. The van der Waals surface area contributed by atoms with Gasteiger partial charge in [-0.2, -0.15) is 0 Å². The largest absolute Gasteiger partial charge is 0.394 e. The van der Waals surface area contributed by atoms with Crippen LogP contribution >= 0.6 is 0 Å². The van der Waals surface area contributed by atoms with Gasteiger partial charge in [-0.05, 0) is 38.5 Å². The molecule has 0 aliphatic carbocycles. The Balaban J connectivity index is 2.11. The number of nitrogens with one attached hydrogen (secondary N) is 1. The van der Waals surface area contributed by atoms with Crippen molar-refractivity contribution >= 4 is 5.91 Å². The lowest BCUT2D eigenvalue weighted by molar-refractivity contribution is -0.303. The minimum Gasteiger partial charge on any atom is -0.394 e. The SMILES string of the molecule is CCCCCCCCCCCCCCCCCC/C=C\CCCCCCCCCCCCCCCCCCC(O)C(=O)NC(COC1OC(CO)C(O)C(O)C1O)C(O)C(O)CCCCCCCCCCCCCC. The van der Waals surface area contributed by atoms with Crippen LogP contribution in [0.2, 0.25) is 0 Å². The molecule has 8 N–H and O–H groups in total. The van der Waals surface area contributed by atoms with Crippen molar-refractivity contribution < 1.29 is 50.0 Å². The van der Waals surface area contributed by atoms with Gasteiger partial charge in [0.25, 0.3) is 0 Å². The summed E-state index contributed by atoms with van der Waals surface area (Å²) in [5, 5.41) is 76.1. The third-order valence-corrected chi connectivity index (χ3v) is 16.1. The zero-order chi connectivity index (χ0) is 54.7. The van der Waals surface area contributed by atoms with E-state index in [1.165, 1.54) is 244 Å². The second-order valence-electron chi connectivity index (χ2n) is 23.2. The fourth-order valence-electron chi connectivity index (χ4n) is 10.8. The lowest BCUT2D eigenvalue weighted by atomic mass is 9.98. The van der Waals surface area contributed by atoms with Gasteiger partial charge in [-0.15, -0.1) is 0 Å². The van der Waals surface area contributed by atoms with E-state index in [0.29, 0.717) is 19.3 Å². The third-order valence-electron chi connectivity index (χ3n) is 16.1. The van der Waals surface area contributed by atoms with Crippen molar-refractivity contribution in [2.45, 2.75) is 377 Å². The van der Waals surface area contributed by atoms with Gasteiger partial charge >= 0.3 is 0 Å². The normalized spacial score (nSPS) is 19.7. The second kappa shape index (κ2) is 53.5. The number of aliphatic hydroxyl groups is 7. The summed E-state index contributed by atoms with van der Waals surface area (Å²) in [4.78, 5) is 13.2. The molecule has 1 saturated heterocycles. The predicted molar refractivity (Wildman–Crippen MR) is 312 cm³/mol.